The van der Waals surface area contributed by atoms with Crippen molar-refractivity contribution in [2.75, 3.05) is 6.54 Å². The fourth-order valence-electron chi connectivity index (χ4n) is 3.31. The molecular formula is C19H17N3O3. The van der Waals surface area contributed by atoms with Crippen molar-refractivity contribution in [1.82, 2.24) is 14.9 Å². The molecule has 0 bridgehead atoms. The van der Waals surface area contributed by atoms with Crippen LogP contribution >= 0.6 is 0 Å². The zero-order chi connectivity index (χ0) is 17.2. The minimum absolute atomic E-state index is 0.0142. The minimum Gasteiger partial charge on any atom is -0.463 e. The summed E-state index contributed by atoms with van der Waals surface area (Å²) in [5.41, 5.74) is 1.35. The summed E-state index contributed by atoms with van der Waals surface area (Å²) in [7, 11) is 0. The van der Waals surface area contributed by atoms with Gasteiger partial charge in [0, 0.05) is 18.9 Å². The number of nitrogens with zero attached hydrogens (tertiary/aromatic N) is 2. The lowest BCUT2D eigenvalue weighted by atomic mass is 10.1. The maximum absolute atomic E-state index is 12.9. The molecule has 126 valence electrons. The average molecular weight is 335 g/mol. The first kappa shape index (κ1) is 15.4. The number of carbonyl (C=O) groups excluding carboxylic acids is 1. The highest BCUT2D eigenvalue weighted by Gasteiger charge is 2.31. The second-order valence-electron chi connectivity index (χ2n) is 6.03. The molecule has 1 saturated heterocycles. The lowest BCUT2D eigenvalue weighted by Gasteiger charge is -2.24. The maximum Gasteiger partial charge on any atom is 0.261 e. The van der Waals surface area contributed by atoms with E-state index in [-0.39, 0.29) is 17.5 Å². The van der Waals surface area contributed by atoms with Crippen molar-refractivity contribution in [3.8, 4) is 11.5 Å². The summed E-state index contributed by atoms with van der Waals surface area (Å²) >= 11 is 0. The molecule has 3 aromatic heterocycles. The van der Waals surface area contributed by atoms with E-state index in [1.165, 1.54) is 6.26 Å². The summed E-state index contributed by atoms with van der Waals surface area (Å²) in [5, 5.41) is 0. The Kier molecular flexibility index (Phi) is 3.93. The molecule has 1 amide bonds. The van der Waals surface area contributed by atoms with Gasteiger partial charge in [-0.2, -0.15) is 0 Å². The van der Waals surface area contributed by atoms with E-state index in [0.717, 1.165) is 18.4 Å². The molecule has 1 atom stereocenters. The second kappa shape index (κ2) is 6.39. The fraction of sp³-hybridized carbons (Fsp3) is 0.211. The highest BCUT2D eigenvalue weighted by Crippen LogP contribution is 2.32. The topological polar surface area (TPSA) is 79.2 Å². The molecule has 0 spiro atoms. The van der Waals surface area contributed by atoms with Crippen molar-refractivity contribution in [2.24, 2.45) is 0 Å². The van der Waals surface area contributed by atoms with Gasteiger partial charge in [0.2, 0.25) is 0 Å². The number of pyridine rings is 2. The minimum atomic E-state index is -0.403. The lowest BCUT2D eigenvalue weighted by molar-refractivity contribution is 0.0734. The Hall–Kier alpha value is -3.15. The molecular weight excluding hydrogens is 318 g/mol. The highest BCUT2D eigenvalue weighted by atomic mass is 16.3. The second-order valence-corrected chi connectivity index (χ2v) is 6.03. The van der Waals surface area contributed by atoms with Gasteiger partial charge in [0.1, 0.15) is 11.3 Å². The Morgan fingerprint density at radius 2 is 2.04 bits per heavy atom. The molecule has 25 heavy (non-hydrogen) atoms. The monoisotopic (exact) mass is 335 g/mol. The maximum atomic E-state index is 12.9. The number of H-pyrrole nitrogens is 1. The van der Waals surface area contributed by atoms with Gasteiger partial charge in [-0.25, -0.2) is 0 Å². The smallest absolute Gasteiger partial charge is 0.261 e. The van der Waals surface area contributed by atoms with Gasteiger partial charge >= 0.3 is 0 Å². The van der Waals surface area contributed by atoms with Gasteiger partial charge in [0.15, 0.2) is 0 Å². The molecule has 1 aliphatic rings. The fourth-order valence-corrected chi connectivity index (χ4v) is 3.31. The number of aromatic nitrogens is 2. The standard InChI is InChI=1S/C19H17N3O3/c23-18-14(5-6-15(21-18)17-4-2-12-25-17)19(24)22-11-1-3-16(22)13-7-9-20-10-8-13/h2,4-10,12,16H,1,3,11H2,(H,21,23)/t16-/m1/s1. The number of hydrogen-bond acceptors (Lipinski definition) is 4. The SMILES string of the molecule is O=C(c1ccc(-c2ccco2)[nH]c1=O)N1CCC[C@@H]1c1ccncc1. The van der Waals surface area contributed by atoms with Crippen molar-refractivity contribution < 1.29 is 9.21 Å². The molecule has 4 heterocycles. The van der Waals surface area contributed by atoms with Crippen LogP contribution in [0.3, 0.4) is 0 Å². The number of nitrogens with one attached hydrogen (secondary N) is 1. The molecule has 6 nitrogen and oxygen atoms in total. The number of carbonyl (C=O) groups is 1. The quantitative estimate of drug-likeness (QED) is 0.798. The van der Waals surface area contributed by atoms with Crippen LogP contribution < -0.4 is 5.56 Å². The normalized spacial score (nSPS) is 17.0. The highest BCUT2D eigenvalue weighted by molar-refractivity contribution is 5.94. The van der Waals surface area contributed by atoms with E-state index in [4.69, 9.17) is 4.42 Å². The summed E-state index contributed by atoms with van der Waals surface area (Å²) in [6.45, 7) is 0.644. The average Bonchev–Trinajstić information content (AvgIpc) is 3.33. The summed E-state index contributed by atoms with van der Waals surface area (Å²) in [4.78, 5) is 33.9. The largest absolute Gasteiger partial charge is 0.463 e. The molecule has 6 heteroatoms. The van der Waals surface area contributed by atoms with Gasteiger partial charge < -0.3 is 14.3 Å². The third-order valence-corrected chi connectivity index (χ3v) is 4.53. The summed E-state index contributed by atoms with van der Waals surface area (Å²) in [6, 6.07) is 10.6. The Balaban J connectivity index is 1.63. The first-order valence-electron chi connectivity index (χ1n) is 8.22. The summed E-state index contributed by atoms with van der Waals surface area (Å²) < 4.78 is 5.28. The molecule has 1 fully saturated rings. The number of furan rings is 1. The molecule has 0 radical (unpaired) electrons. The number of aromatic amines is 1. The molecule has 3 aromatic rings. The van der Waals surface area contributed by atoms with E-state index >= 15 is 0 Å². The molecule has 0 aromatic carbocycles. The van der Waals surface area contributed by atoms with Gasteiger partial charge in [-0.1, -0.05) is 0 Å². The van der Waals surface area contributed by atoms with Crippen LogP contribution in [0.4, 0.5) is 0 Å². The van der Waals surface area contributed by atoms with Crippen LogP contribution in [0.2, 0.25) is 0 Å². The van der Waals surface area contributed by atoms with Crippen LogP contribution in [0.5, 0.6) is 0 Å². The van der Waals surface area contributed by atoms with Gasteiger partial charge in [0.05, 0.1) is 18.0 Å². The van der Waals surface area contributed by atoms with E-state index in [1.807, 2.05) is 12.1 Å². The molecule has 0 aliphatic carbocycles. The van der Waals surface area contributed by atoms with E-state index in [1.54, 1.807) is 41.6 Å². The van der Waals surface area contributed by atoms with Gasteiger partial charge in [-0.15, -0.1) is 0 Å². The number of amides is 1. The third kappa shape index (κ3) is 2.87. The first-order chi connectivity index (χ1) is 12.2. The van der Waals surface area contributed by atoms with Crippen molar-refractivity contribution in [3.63, 3.8) is 0 Å². The van der Waals surface area contributed by atoms with Crippen molar-refractivity contribution in [3.05, 3.63) is 76.5 Å². The van der Waals surface area contributed by atoms with E-state index < -0.39 is 5.56 Å². The molecule has 0 saturated carbocycles. The molecule has 0 unspecified atom stereocenters. The summed E-state index contributed by atoms with van der Waals surface area (Å²) in [6.07, 6.45) is 6.79. The lowest BCUT2D eigenvalue weighted by Crippen LogP contribution is -2.34. The van der Waals surface area contributed by atoms with Crippen molar-refractivity contribution in [2.45, 2.75) is 18.9 Å². The molecule has 1 N–H and O–H groups in total. The first-order valence-corrected chi connectivity index (χ1v) is 8.22. The van der Waals surface area contributed by atoms with Crippen LogP contribution in [0.1, 0.15) is 34.8 Å². The van der Waals surface area contributed by atoms with Crippen molar-refractivity contribution >= 4 is 5.91 Å². The number of hydrogen-bond donors (Lipinski definition) is 1. The third-order valence-electron chi connectivity index (χ3n) is 4.53. The van der Waals surface area contributed by atoms with Crippen LogP contribution in [-0.4, -0.2) is 27.3 Å². The zero-order valence-corrected chi connectivity index (χ0v) is 13.5. The van der Waals surface area contributed by atoms with Crippen LogP contribution in [0, 0.1) is 0 Å². The Bertz CT molecular complexity index is 932. The van der Waals surface area contributed by atoms with Crippen LogP contribution in [-0.2, 0) is 0 Å². The Morgan fingerprint density at radius 1 is 1.20 bits per heavy atom. The number of rotatable bonds is 3. The Morgan fingerprint density at radius 3 is 2.76 bits per heavy atom. The van der Waals surface area contributed by atoms with E-state index in [2.05, 4.69) is 9.97 Å². The van der Waals surface area contributed by atoms with E-state index in [0.29, 0.717) is 18.0 Å². The zero-order valence-electron chi connectivity index (χ0n) is 13.5. The van der Waals surface area contributed by atoms with Gasteiger partial charge in [-0.3, -0.25) is 14.6 Å². The number of likely N-dealkylation sites (tertiary alicyclic amines) is 1. The van der Waals surface area contributed by atoms with Crippen LogP contribution in [0.25, 0.3) is 11.5 Å². The molecule has 1 aliphatic heterocycles. The van der Waals surface area contributed by atoms with Gasteiger partial charge in [0.25, 0.3) is 11.5 Å². The van der Waals surface area contributed by atoms with Gasteiger partial charge in [-0.05, 0) is 54.8 Å². The molecule has 4 rings (SSSR count). The van der Waals surface area contributed by atoms with E-state index in [9.17, 15) is 9.59 Å². The summed E-state index contributed by atoms with van der Waals surface area (Å²) in [5.74, 6) is 0.318. The van der Waals surface area contributed by atoms with Crippen LogP contribution in [0.15, 0.2) is 64.3 Å². The predicted molar refractivity (Wildman–Crippen MR) is 92.0 cm³/mol. The Labute approximate surface area is 144 Å². The predicted octanol–water partition coefficient (Wildman–Crippen LogP) is 3.01. The van der Waals surface area contributed by atoms with Crippen molar-refractivity contribution in [1.29, 1.82) is 0 Å².